The molecule has 1 aromatic rings. The molecule has 4 atom stereocenters. The molecule has 102 valence electrons. The van der Waals surface area contributed by atoms with Gasteiger partial charge >= 0.3 is 0 Å². The number of hydrogen-bond acceptors (Lipinski definition) is 2. The van der Waals surface area contributed by atoms with Gasteiger partial charge in [-0.3, -0.25) is 9.59 Å². The highest BCUT2D eigenvalue weighted by atomic mass is 79.9. The normalized spacial score (nSPS) is 34.8. The van der Waals surface area contributed by atoms with Crippen molar-refractivity contribution in [2.75, 3.05) is 4.90 Å². The summed E-state index contributed by atoms with van der Waals surface area (Å²) in [6.45, 7) is 0. The van der Waals surface area contributed by atoms with Gasteiger partial charge in [0, 0.05) is 4.47 Å². The van der Waals surface area contributed by atoms with Crippen molar-refractivity contribution >= 4 is 33.4 Å². The highest BCUT2D eigenvalue weighted by molar-refractivity contribution is 9.10. The molecular formula is C16H14BrNO2. The van der Waals surface area contributed by atoms with E-state index in [1.54, 1.807) is 0 Å². The van der Waals surface area contributed by atoms with Crippen molar-refractivity contribution in [2.24, 2.45) is 23.7 Å². The molecule has 2 amide bonds. The first kappa shape index (κ1) is 12.3. The topological polar surface area (TPSA) is 37.4 Å². The molecule has 4 heteroatoms. The van der Waals surface area contributed by atoms with E-state index in [0.717, 1.165) is 17.3 Å². The highest BCUT2D eigenvalue weighted by Gasteiger charge is 2.57. The van der Waals surface area contributed by atoms with Gasteiger partial charge in [-0.15, -0.1) is 0 Å². The van der Waals surface area contributed by atoms with E-state index in [1.807, 2.05) is 24.3 Å². The lowest BCUT2D eigenvalue weighted by atomic mass is 9.63. The van der Waals surface area contributed by atoms with E-state index < -0.39 is 0 Å². The van der Waals surface area contributed by atoms with Gasteiger partial charge in [-0.2, -0.15) is 0 Å². The van der Waals surface area contributed by atoms with Crippen LogP contribution >= 0.6 is 15.9 Å². The number of fused-ring (bicyclic) bond motifs is 1. The minimum absolute atomic E-state index is 0.0223. The molecule has 5 rings (SSSR count). The molecule has 0 N–H and O–H groups in total. The van der Waals surface area contributed by atoms with Gasteiger partial charge in [0.25, 0.3) is 0 Å². The Morgan fingerprint density at radius 1 is 0.950 bits per heavy atom. The van der Waals surface area contributed by atoms with Crippen LogP contribution in [0, 0.1) is 23.7 Å². The quantitative estimate of drug-likeness (QED) is 0.585. The molecule has 2 fully saturated rings. The summed E-state index contributed by atoms with van der Waals surface area (Å²) in [6, 6.07) is 7.43. The van der Waals surface area contributed by atoms with E-state index in [1.165, 1.54) is 4.90 Å². The zero-order chi connectivity index (χ0) is 13.9. The van der Waals surface area contributed by atoms with E-state index in [2.05, 4.69) is 28.1 Å². The van der Waals surface area contributed by atoms with E-state index in [-0.39, 0.29) is 35.5 Å². The third kappa shape index (κ3) is 1.51. The second-order valence-corrected chi connectivity index (χ2v) is 6.66. The summed E-state index contributed by atoms with van der Waals surface area (Å²) in [5.74, 6) is 0.163. The number of para-hydroxylation sites is 1. The predicted molar refractivity (Wildman–Crippen MR) is 79.0 cm³/mol. The summed E-state index contributed by atoms with van der Waals surface area (Å²) < 4.78 is 0.792. The Balaban J connectivity index is 1.80. The number of benzene rings is 1. The zero-order valence-corrected chi connectivity index (χ0v) is 12.4. The van der Waals surface area contributed by atoms with Crippen LogP contribution in [-0.4, -0.2) is 11.8 Å². The fourth-order valence-corrected chi connectivity index (χ4v) is 4.41. The maximum absolute atomic E-state index is 12.7. The average molecular weight is 332 g/mol. The van der Waals surface area contributed by atoms with Gasteiger partial charge in [-0.1, -0.05) is 24.3 Å². The second-order valence-electron chi connectivity index (χ2n) is 5.80. The van der Waals surface area contributed by atoms with E-state index in [0.29, 0.717) is 5.69 Å². The zero-order valence-electron chi connectivity index (χ0n) is 10.8. The Bertz CT molecular complexity index is 607. The minimum atomic E-state index is -0.140. The van der Waals surface area contributed by atoms with Crippen molar-refractivity contribution in [2.45, 2.75) is 12.8 Å². The number of imide groups is 1. The van der Waals surface area contributed by atoms with E-state index in [9.17, 15) is 9.59 Å². The fraction of sp³-hybridized carbons (Fsp3) is 0.375. The van der Waals surface area contributed by atoms with Crippen molar-refractivity contribution in [3.63, 3.8) is 0 Å². The molecule has 2 bridgehead atoms. The summed E-state index contributed by atoms with van der Waals surface area (Å²) in [5.41, 5.74) is 0.677. The lowest BCUT2D eigenvalue weighted by Gasteiger charge is -2.38. The van der Waals surface area contributed by atoms with Crippen LogP contribution in [0.1, 0.15) is 12.8 Å². The van der Waals surface area contributed by atoms with Crippen molar-refractivity contribution < 1.29 is 9.59 Å². The monoisotopic (exact) mass is 331 g/mol. The Labute approximate surface area is 125 Å². The Morgan fingerprint density at radius 2 is 1.50 bits per heavy atom. The van der Waals surface area contributed by atoms with E-state index in [4.69, 9.17) is 0 Å². The third-order valence-corrected chi connectivity index (χ3v) is 5.52. The molecule has 0 spiro atoms. The summed E-state index contributed by atoms with van der Waals surface area (Å²) in [4.78, 5) is 26.9. The Kier molecular flexibility index (Phi) is 2.64. The first-order chi connectivity index (χ1) is 9.68. The fourth-order valence-electron chi connectivity index (χ4n) is 3.94. The molecule has 20 heavy (non-hydrogen) atoms. The van der Waals surface area contributed by atoms with Crippen LogP contribution < -0.4 is 4.90 Å². The smallest absolute Gasteiger partial charge is 0.238 e. The molecular weight excluding hydrogens is 318 g/mol. The lowest BCUT2D eigenvalue weighted by molar-refractivity contribution is -0.124. The van der Waals surface area contributed by atoms with Gasteiger partial charge in [0.1, 0.15) is 0 Å². The number of anilines is 1. The van der Waals surface area contributed by atoms with E-state index >= 15 is 0 Å². The maximum atomic E-state index is 12.7. The molecule has 3 aliphatic carbocycles. The number of carbonyl (C=O) groups is 2. The summed E-state index contributed by atoms with van der Waals surface area (Å²) >= 11 is 3.44. The molecule has 1 saturated carbocycles. The SMILES string of the molecule is O=C1C2C3C=CC(CC3)C2C(=O)N1c1ccccc1Br. The molecule has 4 unspecified atom stereocenters. The number of carbonyl (C=O) groups excluding carboxylic acids is 2. The number of halogens is 1. The van der Waals surface area contributed by atoms with Gasteiger partial charge in [-0.05, 0) is 52.7 Å². The van der Waals surface area contributed by atoms with Crippen LogP contribution in [0.4, 0.5) is 5.69 Å². The van der Waals surface area contributed by atoms with Crippen molar-refractivity contribution in [1.82, 2.24) is 0 Å². The van der Waals surface area contributed by atoms with Crippen molar-refractivity contribution in [1.29, 1.82) is 0 Å². The first-order valence-electron chi connectivity index (χ1n) is 6.99. The molecule has 1 aromatic carbocycles. The maximum Gasteiger partial charge on any atom is 0.238 e. The number of allylic oxidation sites excluding steroid dienone is 2. The largest absolute Gasteiger partial charge is 0.274 e. The number of amides is 2. The van der Waals surface area contributed by atoms with Crippen LogP contribution in [-0.2, 0) is 9.59 Å². The third-order valence-electron chi connectivity index (χ3n) is 4.85. The van der Waals surface area contributed by atoms with Gasteiger partial charge in [0.15, 0.2) is 0 Å². The van der Waals surface area contributed by atoms with Gasteiger partial charge in [0.05, 0.1) is 17.5 Å². The molecule has 1 saturated heterocycles. The minimum Gasteiger partial charge on any atom is -0.274 e. The van der Waals surface area contributed by atoms with Gasteiger partial charge in [-0.25, -0.2) is 4.90 Å². The van der Waals surface area contributed by atoms with Crippen LogP contribution in [0.25, 0.3) is 0 Å². The second kappa shape index (κ2) is 4.29. The summed E-state index contributed by atoms with van der Waals surface area (Å²) in [6.07, 6.45) is 6.35. The molecule has 1 heterocycles. The summed E-state index contributed by atoms with van der Waals surface area (Å²) in [7, 11) is 0. The standard InChI is InChI=1S/C16H14BrNO2/c17-11-3-1-2-4-12(11)18-15(19)13-9-5-6-10(8-7-9)14(13)16(18)20/h1-6,9-10,13-14H,7-8H2. The summed E-state index contributed by atoms with van der Waals surface area (Å²) in [5, 5.41) is 0. The van der Waals surface area contributed by atoms with Crippen LogP contribution in [0.2, 0.25) is 0 Å². The molecule has 0 radical (unpaired) electrons. The predicted octanol–water partition coefficient (Wildman–Crippen LogP) is 3.15. The Morgan fingerprint density at radius 3 is 2.00 bits per heavy atom. The van der Waals surface area contributed by atoms with Crippen LogP contribution in [0.15, 0.2) is 40.9 Å². The number of nitrogens with zero attached hydrogens (tertiary/aromatic N) is 1. The molecule has 1 aliphatic heterocycles. The number of rotatable bonds is 1. The molecule has 3 nitrogen and oxygen atoms in total. The average Bonchev–Trinajstić information content (AvgIpc) is 2.75. The Hall–Kier alpha value is -1.42. The van der Waals surface area contributed by atoms with Gasteiger partial charge in [0.2, 0.25) is 11.8 Å². The van der Waals surface area contributed by atoms with Crippen LogP contribution in [0.5, 0.6) is 0 Å². The molecule has 0 aromatic heterocycles. The highest BCUT2D eigenvalue weighted by Crippen LogP contribution is 2.50. The van der Waals surface area contributed by atoms with Crippen molar-refractivity contribution in [3.8, 4) is 0 Å². The lowest BCUT2D eigenvalue weighted by Crippen LogP contribution is -2.38. The van der Waals surface area contributed by atoms with Crippen LogP contribution in [0.3, 0.4) is 0 Å². The number of hydrogen-bond donors (Lipinski definition) is 0. The van der Waals surface area contributed by atoms with Crippen molar-refractivity contribution in [3.05, 3.63) is 40.9 Å². The first-order valence-corrected chi connectivity index (χ1v) is 7.78. The molecule has 4 aliphatic rings. The van der Waals surface area contributed by atoms with Gasteiger partial charge < -0.3 is 0 Å².